The Labute approximate surface area is 163 Å². The van der Waals surface area contributed by atoms with E-state index in [0.29, 0.717) is 18.7 Å². The van der Waals surface area contributed by atoms with E-state index in [4.69, 9.17) is 9.26 Å². The number of benzene rings is 1. The molecule has 0 radical (unpaired) electrons. The van der Waals surface area contributed by atoms with Crippen molar-refractivity contribution in [3.05, 3.63) is 54.1 Å². The number of ether oxygens (including phenoxy) is 1. The summed E-state index contributed by atoms with van der Waals surface area (Å²) >= 11 is 0. The Morgan fingerprint density at radius 1 is 1.29 bits per heavy atom. The quantitative estimate of drug-likeness (QED) is 0.708. The molecule has 2 aromatic heterocycles. The first-order valence-corrected chi connectivity index (χ1v) is 9.40. The van der Waals surface area contributed by atoms with Crippen LogP contribution < -0.4 is 5.32 Å². The van der Waals surface area contributed by atoms with E-state index in [-0.39, 0.29) is 12.0 Å². The third kappa shape index (κ3) is 4.26. The highest BCUT2D eigenvalue weighted by Gasteiger charge is 2.19. The minimum atomic E-state index is 0.0229. The standard InChI is InChI=1S/C21H22N4O3/c1-14-9-19(28-25-14)18-12-22-13-24-21(18)16-6-4-15(5-7-16)11-23-20(26)10-17-3-2-8-27-17/h4-7,9,12-13,17H,2-3,8,10-11H2,1H3,(H,23,26). The average Bonchev–Trinajstić information content (AvgIpc) is 3.38. The van der Waals surface area contributed by atoms with Crippen LogP contribution in [0.1, 0.15) is 30.5 Å². The van der Waals surface area contributed by atoms with Crippen LogP contribution in [-0.2, 0) is 16.1 Å². The zero-order valence-corrected chi connectivity index (χ0v) is 15.7. The van der Waals surface area contributed by atoms with E-state index < -0.39 is 0 Å². The van der Waals surface area contributed by atoms with Gasteiger partial charge in [0.15, 0.2) is 5.76 Å². The number of aromatic nitrogens is 3. The molecule has 3 aromatic rings. The van der Waals surface area contributed by atoms with Crippen LogP contribution in [0.5, 0.6) is 0 Å². The molecule has 7 nitrogen and oxygen atoms in total. The third-order valence-electron chi connectivity index (χ3n) is 4.76. The molecule has 1 aliphatic rings. The topological polar surface area (TPSA) is 90.1 Å². The number of amides is 1. The Bertz CT molecular complexity index is 946. The molecule has 1 aromatic carbocycles. The van der Waals surface area contributed by atoms with Gasteiger partial charge in [-0.2, -0.15) is 0 Å². The van der Waals surface area contributed by atoms with Crippen LogP contribution in [-0.4, -0.2) is 33.7 Å². The van der Waals surface area contributed by atoms with E-state index in [2.05, 4.69) is 20.4 Å². The van der Waals surface area contributed by atoms with Gasteiger partial charge in [0.25, 0.3) is 0 Å². The van der Waals surface area contributed by atoms with Crippen molar-refractivity contribution < 1.29 is 14.1 Å². The fraction of sp³-hybridized carbons (Fsp3) is 0.333. The lowest BCUT2D eigenvalue weighted by atomic mass is 10.0. The first-order chi connectivity index (χ1) is 13.7. The molecule has 1 N–H and O–H groups in total. The summed E-state index contributed by atoms with van der Waals surface area (Å²) in [5, 5.41) is 6.90. The summed E-state index contributed by atoms with van der Waals surface area (Å²) in [5.74, 6) is 0.660. The van der Waals surface area contributed by atoms with Crippen LogP contribution >= 0.6 is 0 Å². The molecule has 0 spiro atoms. The highest BCUT2D eigenvalue weighted by atomic mass is 16.5. The van der Waals surface area contributed by atoms with Crippen LogP contribution in [0.3, 0.4) is 0 Å². The maximum atomic E-state index is 12.0. The summed E-state index contributed by atoms with van der Waals surface area (Å²) in [6, 6.07) is 9.80. The van der Waals surface area contributed by atoms with Crippen molar-refractivity contribution in [1.82, 2.24) is 20.4 Å². The summed E-state index contributed by atoms with van der Waals surface area (Å²) < 4.78 is 10.9. The van der Waals surface area contributed by atoms with Gasteiger partial charge in [0.05, 0.1) is 29.5 Å². The molecular formula is C21H22N4O3. The number of nitrogens with zero attached hydrogens (tertiary/aromatic N) is 3. The monoisotopic (exact) mass is 378 g/mol. The van der Waals surface area contributed by atoms with Crippen molar-refractivity contribution in [2.75, 3.05) is 6.61 Å². The van der Waals surface area contributed by atoms with Gasteiger partial charge < -0.3 is 14.6 Å². The molecule has 4 rings (SSSR count). The van der Waals surface area contributed by atoms with Gasteiger partial charge in [0.2, 0.25) is 5.91 Å². The van der Waals surface area contributed by atoms with Crippen molar-refractivity contribution in [3.8, 4) is 22.6 Å². The van der Waals surface area contributed by atoms with Gasteiger partial charge in [-0.05, 0) is 25.3 Å². The molecule has 144 valence electrons. The second-order valence-electron chi connectivity index (χ2n) is 6.93. The molecule has 0 aliphatic carbocycles. The van der Waals surface area contributed by atoms with E-state index >= 15 is 0 Å². The molecule has 7 heteroatoms. The van der Waals surface area contributed by atoms with E-state index in [0.717, 1.165) is 47.5 Å². The Kier molecular flexibility index (Phi) is 5.43. The average molecular weight is 378 g/mol. The summed E-state index contributed by atoms with van der Waals surface area (Å²) in [5.41, 5.74) is 4.34. The Morgan fingerprint density at radius 2 is 2.14 bits per heavy atom. The molecule has 1 aliphatic heterocycles. The zero-order valence-electron chi connectivity index (χ0n) is 15.7. The van der Waals surface area contributed by atoms with Crippen LogP contribution in [0.4, 0.5) is 0 Å². The van der Waals surface area contributed by atoms with Gasteiger partial charge in [-0.1, -0.05) is 29.4 Å². The largest absolute Gasteiger partial charge is 0.378 e. The lowest BCUT2D eigenvalue weighted by molar-refractivity contribution is -0.123. The van der Waals surface area contributed by atoms with Gasteiger partial charge in [-0.15, -0.1) is 0 Å². The number of carbonyl (C=O) groups excluding carboxylic acids is 1. The van der Waals surface area contributed by atoms with E-state index in [1.165, 1.54) is 6.33 Å². The Hall–Kier alpha value is -3.06. The van der Waals surface area contributed by atoms with Gasteiger partial charge >= 0.3 is 0 Å². The van der Waals surface area contributed by atoms with Crippen molar-refractivity contribution >= 4 is 5.91 Å². The predicted octanol–water partition coefficient (Wildman–Crippen LogP) is 3.29. The van der Waals surface area contributed by atoms with Crippen molar-refractivity contribution in [3.63, 3.8) is 0 Å². The number of hydrogen-bond donors (Lipinski definition) is 1. The summed E-state index contributed by atoms with van der Waals surface area (Å²) in [6.07, 6.45) is 5.74. The number of carbonyl (C=O) groups is 1. The van der Waals surface area contributed by atoms with Crippen LogP contribution in [0.2, 0.25) is 0 Å². The van der Waals surface area contributed by atoms with Gasteiger partial charge in [0, 0.05) is 31.0 Å². The van der Waals surface area contributed by atoms with E-state index in [1.807, 2.05) is 37.3 Å². The van der Waals surface area contributed by atoms with Crippen molar-refractivity contribution in [2.45, 2.75) is 38.8 Å². The minimum Gasteiger partial charge on any atom is -0.378 e. The zero-order chi connectivity index (χ0) is 19.3. The number of aryl methyl sites for hydroxylation is 1. The van der Waals surface area contributed by atoms with Crippen molar-refractivity contribution in [1.29, 1.82) is 0 Å². The number of nitrogens with one attached hydrogen (secondary N) is 1. The molecule has 1 amide bonds. The van der Waals surface area contributed by atoms with Gasteiger partial charge in [-0.3, -0.25) is 4.79 Å². The molecule has 28 heavy (non-hydrogen) atoms. The molecule has 3 heterocycles. The Balaban J connectivity index is 1.43. The first kappa shape index (κ1) is 18.3. The van der Waals surface area contributed by atoms with Crippen LogP contribution in [0, 0.1) is 6.92 Å². The van der Waals surface area contributed by atoms with Gasteiger partial charge in [0.1, 0.15) is 6.33 Å². The molecule has 1 unspecified atom stereocenters. The number of hydrogen-bond acceptors (Lipinski definition) is 6. The van der Waals surface area contributed by atoms with Gasteiger partial charge in [-0.25, -0.2) is 9.97 Å². The van der Waals surface area contributed by atoms with Crippen LogP contribution in [0.25, 0.3) is 22.6 Å². The second kappa shape index (κ2) is 8.31. The Morgan fingerprint density at radius 3 is 2.86 bits per heavy atom. The third-order valence-corrected chi connectivity index (χ3v) is 4.76. The molecule has 0 saturated carbocycles. The lowest BCUT2D eigenvalue weighted by Crippen LogP contribution is -2.26. The molecule has 1 saturated heterocycles. The smallest absolute Gasteiger partial charge is 0.222 e. The molecule has 1 fully saturated rings. The summed E-state index contributed by atoms with van der Waals surface area (Å²) in [4.78, 5) is 20.6. The fourth-order valence-corrected chi connectivity index (χ4v) is 3.30. The normalized spacial score (nSPS) is 16.2. The summed E-state index contributed by atoms with van der Waals surface area (Å²) in [6.45, 7) is 3.13. The number of rotatable bonds is 6. The highest BCUT2D eigenvalue weighted by Crippen LogP contribution is 2.30. The molecule has 0 bridgehead atoms. The fourth-order valence-electron chi connectivity index (χ4n) is 3.30. The molecular weight excluding hydrogens is 356 g/mol. The molecule has 1 atom stereocenters. The van der Waals surface area contributed by atoms with Crippen molar-refractivity contribution in [2.24, 2.45) is 0 Å². The maximum Gasteiger partial charge on any atom is 0.222 e. The second-order valence-corrected chi connectivity index (χ2v) is 6.93. The minimum absolute atomic E-state index is 0.0229. The highest BCUT2D eigenvalue weighted by molar-refractivity contribution is 5.78. The first-order valence-electron chi connectivity index (χ1n) is 9.40. The lowest BCUT2D eigenvalue weighted by Gasteiger charge is -2.10. The SMILES string of the molecule is Cc1cc(-c2cncnc2-c2ccc(CNC(=O)CC3CCCO3)cc2)on1. The summed E-state index contributed by atoms with van der Waals surface area (Å²) in [7, 11) is 0. The van der Waals surface area contributed by atoms with Crippen LogP contribution in [0.15, 0.2) is 47.4 Å². The maximum absolute atomic E-state index is 12.0. The van der Waals surface area contributed by atoms with E-state index in [1.54, 1.807) is 6.20 Å². The van der Waals surface area contributed by atoms with E-state index in [9.17, 15) is 4.79 Å². The predicted molar refractivity (Wildman–Crippen MR) is 103 cm³/mol.